The Balaban J connectivity index is 1.55. The molecule has 5 nitrogen and oxygen atoms in total. The summed E-state index contributed by atoms with van der Waals surface area (Å²) < 4.78 is 10.9. The molecule has 1 aliphatic heterocycles. The summed E-state index contributed by atoms with van der Waals surface area (Å²) in [6.07, 6.45) is 3.84. The second-order valence-corrected chi connectivity index (χ2v) is 8.45. The minimum absolute atomic E-state index is 0.0562. The van der Waals surface area contributed by atoms with Crippen molar-refractivity contribution < 1.29 is 19.1 Å². The zero-order valence-electron chi connectivity index (χ0n) is 15.5. The number of hydrogen-bond donors (Lipinski definition) is 0. The fourth-order valence-electron chi connectivity index (χ4n) is 2.88. The molecule has 1 amide bonds. The molecule has 1 aliphatic rings. The molecule has 2 rings (SSSR count). The highest BCUT2D eigenvalue weighted by Crippen LogP contribution is 2.23. The number of likely N-dealkylation sites (tertiary alicyclic amines) is 1. The standard InChI is InChI=1S/C19H29NO4S/c1-19(2,3)24-18(22)20-10-8-15(9-11-20)6-4-12-23-14-16(21)17-7-5-13-25-17/h5,7,13,15H,4,6,8-12,14H2,1-3H3. The van der Waals surface area contributed by atoms with E-state index in [-0.39, 0.29) is 18.5 Å². The van der Waals surface area contributed by atoms with Gasteiger partial charge >= 0.3 is 6.09 Å². The third-order valence-corrected chi connectivity index (χ3v) is 5.11. The average molecular weight is 368 g/mol. The summed E-state index contributed by atoms with van der Waals surface area (Å²) in [4.78, 5) is 26.4. The van der Waals surface area contributed by atoms with Crippen LogP contribution in [0.3, 0.4) is 0 Å². The molecule has 6 heteroatoms. The number of carbonyl (C=O) groups excluding carboxylic acids is 2. The summed E-state index contributed by atoms with van der Waals surface area (Å²) in [7, 11) is 0. The lowest BCUT2D eigenvalue weighted by Gasteiger charge is -2.33. The Bertz CT molecular complexity index is 542. The Morgan fingerprint density at radius 2 is 2.00 bits per heavy atom. The minimum Gasteiger partial charge on any atom is -0.444 e. The molecular formula is C19H29NO4S. The van der Waals surface area contributed by atoms with E-state index in [1.807, 2.05) is 38.3 Å². The first-order valence-corrected chi connectivity index (χ1v) is 9.85. The monoisotopic (exact) mass is 367 g/mol. The predicted octanol–water partition coefficient (Wildman–Crippen LogP) is 4.37. The van der Waals surface area contributed by atoms with Gasteiger partial charge in [0.1, 0.15) is 12.2 Å². The van der Waals surface area contributed by atoms with Crippen molar-refractivity contribution in [3.8, 4) is 0 Å². The van der Waals surface area contributed by atoms with Gasteiger partial charge in [-0.25, -0.2) is 4.79 Å². The molecule has 2 heterocycles. The zero-order chi connectivity index (χ0) is 18.3. The quantitative estimate of drug-likeness (QED) is 0.530. The van der Waals surface area contributed by atoms with Crippen molar-refractivity contribution in [2.24, 2.45) is 5.92 Å². The molecule has 0 unspecified atom stereocenters. The number of amides is 1. The number of hydrogen-bond acceptors (Lipinski definition) is 5. The average Bonchev–Trinajstić information content (AvgIpc) is 3.08. The van der Waals surface area contributed by atoms with Crippen molar-refractivity contribution in [1.29, 1.82) is 0 Å². The summed E-state index contributed by atoms with van der Waals surface area (Å²) in [6, 6.07) is 3.70. The predicted molar refractivity (Wildman–Crippen MR) is 99.2 cm³/mol. The van der Waals surface area contributed by atoms with Crippen molar-refractivity contribution in [3.05, 3.63) is 22.4 Å². The number of rotatable bonds is 7. The number of ketones is 1. The fraction of sp³-hybridized carbons (Fsp3) is 0.684. The smallest absolute Gasteiger partial charge is 0.410 e. The lowest BCUT2D eigenvalue weighted by molar-refractivity contribution is 0.0177. The maximum absolute atomic E-state index is 12.0. The van der Waals surface area contributed by atoms with E-state index < -0.39 is 5.60 Å². The van der Waals surface area contributed by atoms with Crippen LogP contribution in [0.1, 0.15) is 56.1 Å². The first kappa shape index (κ1) is 19.9. The van der Waals surface area contributed by atoms with Crippen LogP contribution in [-0.2, 0) is 9.47 Å². The molecule has 140 valence electrons. The van der Waals surface area contributed by atoms with Gasteiger partial charge in [0.05, 0.1) is 4.88 Å². The molecule has 1 aromatic heterocycles. The number of piperidine rings is 1. The van der Waals surface area contributed by atoms with E-state index >= 15 is 0 Å². The molecule has 1 saturated heterocycles. The Labute approximate surface area is 154 Å². The summed E-state index contributed by atoms with van der Waals surface area (Å²) in [5, 5.41) is 1.90. The third-order valence-electron chi connectivity index (χ3n) is 4.20. The van der Waals surface area contributed by atoms with E-state index in [0.29, 0.717) is 12.5 Å². The van der Waals surface area contributed by atoms with Gasteiger partial charge in [0.2, 0.25) is 0 Å². The van der Waals surface area contributed by atoms with Crippen LogP contribution in [0.4, 0.5) is 4.79 Å². The lowest BCUT2D eigenvalue weighted by atomic mass is 9.92. The number of nitrogens with zero attached hydrogens (tertiary/aromatic N) is 1. The first-order valence-electron chi connectivity index (χ1n) is 8.97. The van der Waals surface area contributed by atoms with Crippen LogP contribution in [0.15, 0.2) is 17.5 Å². The Morgan fingerprint density at radius 3 is 2.60 bits per heavy atom. The first-order chi connectivity index (χ1) is 11.8. The van der Waals surface area contributed by atoms with Crippen LogP contribution in [0.5, 0.6) is 0 Å². The normalized spacial score (nSPS) is 16.0. The van der Waals surface area contributed by atoms with Crippen molar-refractivity contribution in [2.75, 3.05) is 26.3 Å². The van der Waals surface area contributed by atoms with Gasteiger partial charge in [0, 0.05) is 19.7 Å². The van der Waals surface area contributed by atoms with Crippen molar-refractivity contribution in [1.82, 2.24) is 4.90 Å². The molecule has 0 saturated carbocycles. The fourth-order valence-corrected chi connectivity index (χ4v) is 3.53. The summed E-state index contributed by atoms with van der Waals surface area (Å²) in [5.41, 5.74) is -0.439. The van der Waals surface area contributed by atoms with Crippen LogP contribution in [-0.4, -0.2) is 48.7 Å². The number of carbonyl (C=O) groups is 2. The third kappa shape index (κ3) is 7.16. The number of thiophene rings is 1. The van der Waals surface area contributed by atoms with Gasteiger partial charge in [-0.05, 0) is 63.8 Å². The van der Waals surface area contributed by atoms with Crippen molar-refractivity contribution in [2.45, 2.75) is 52.1 Å². The molecule has 0 atom stereocenters. The topological polar surface area (TPSA) is 55.8 Å². The van der Waals surface area contributed by atoms with E-state index in [4.69, 9.17) is 9.47 Å². The Morgan fingerprint density at radius 1 is 1.28 bits per heavy atom. The summed E-state index contributed by atoms with van der Waals surface area (Å²) >= 11 is 1.45. The molecule has 0 N–H and O–H groups in total. The molecule has 0 spiro atoms. The van der Waals surface area contributed by atoms with Crippen LogP contribution in [0.2, 0.25) is 0 Å². The summed E-state index contributed by atoms with van der Waals surface area (Å²) in [6.45, 7) is 7.97. The van der Waals surface area contributed by atoms with Gasteiger partial charge in [-0.15, -0.1) is 11.3 Å². The van der Waals surface area contributed by atoms with Gasteiger partial charge in [0.25, 0.3) is 0 Å². The molecule has 0 aromatic carbocycles. The molecule has 1 fully saturated rings. The molecular weight excluding hydrogens is 338 g/mol. The molecule has 25 heavy (non-hydrogen) atoms. The lowest BCUT2D eigenvalue weighted by Crippen LogP contribution is -2.41. The van der Waals surface area contributed by atoms with Crippen molar-refractivity contribution in [3.63, 3.8) is 0 Å². The Kier molecular flexibility index (Phi) is 7.44. The number of Topliss-reactive ketones (excluding diaryl/α,β-unsaturated/α-hetero) is 1. The van der Waals surface area contributed by atoms with Crippen LogP contribution >= 0.6 is 11.3 Å². The molecule has 0 radical (unpaired) electrons. The van der Waals surface area contributed by atoms with Crippen molar-refractivity contribution >= 4 is 23.2 Å². The van der Waals surface area contributed by atoms with E-state index in [1.54, 1.807) is 4.90 Å². The molecule has 0 bridgehead atoms. The van der Waals surface area contributed by atoms with Gasteiger partial charge in [-0.1, -0.05) is 6.07 Å². The van der Waals surface area contributed by atoms with Gasteiger partial charge in [-0.3, -0.25) is 4.79 Å². The SMILES string of the molecule is CC(C)(C)OC(=O)N1CCC(CCCOCC(=O)c2cccs2)CC1. The minimum atomic E-state index is -0.439. The molecule has 0 aliphatic carbocycles. The van der Waals surface area contributed by atoms with E-state index in [2.05, 4.69) is 0 Å². The van der Waals surface area contributed by atoms with E-state index in [9.17, 15) is 9.59 Å². The zero-order valence-corrected chi connectivity index (χ0v) is 16.3. The van der Waals surface area contributed by atoms with E-state index in [0.717, 1.165) is 43.6 Å². The maximum Gasteiger partial charge on any atom is 0.410 e. The van der Waals surface area contributed by atoms with Crippen LogP contribution in [0, 0.1) is 5.92 Å². The van der Waals surface area contributed by atoms with Gasteiger partial charge in [-0.2, -0.15) is 0 Å². The highest BCUT2D eigenvalue weighted by Gasteiger charge is 2.26. The largest absolute Gasteiger partial charge is 0.444 e. The highest BCUT2D eigenvalue weighted by atomic mass is 32.1. The number of ether oxygens (including phenoxy) is 2. The second kappa shape index (κ2) is 9.34. The second-order valence-electron chi connectivity index (χ2n) is 7.51. The van der Waals surface area contributed by atoms with Crippen LogP contribution < -0.4 is 0 Å². The maximum atomic E-state index is 12.0. The molecule has 1 aromatic rings. The Hall–Kier alpha value is -1.40. The highest BCUT2D eigenvalue weighted by molar-refractivity contribution is 7.12. The van der Waals surface area contributed by atoms with Gasteiger partial charge in [0.15, 0.2) is 5.78 Å². The summed E-state index contributed by atoms with van der Waals surface area (Å²) in [5.74, 6) is 0.677. The van der Waals surface area contributed by atoms with Crippen LogP contribution in [0.25, 0.3) is 0 Å². The van der Waals surface area contributed by atoms with Gasteiger partial charge < -0.3 is 14.4 Å². The van der Waals surface area contributed by atoms with E-state index in [1.165, 1.54) is 11.3 Å².